The van der Waals surface area contributed by atoms with Gasteiger partial charge < -0.3 is 9.84 Å². The minimum Gasteiger partial charge on any atom is -0.480 e. The molecule has 1 fully saturated rings. The predicted octanol–water partition coefficient (Wildman–Crippen LogP) is 0.285. The number of ether oxygens (including phenoxy) is 1. The van der Waals surface area contributed by atoms with E-state index in [1.54, 1.807) is 0 Å². The Kier molecular flexibility index (Phi) is 3.10. The average molecular weight is 240 g/mol. The maximum Gasteiger partial charge on any atom is 0.325 e. The summed E-state index contributed by atoms with van der Waals surface area (Å²) < 4.78 is 7.05. The van der Waals surface area contributed by atoms with Gasteiger partial charge in [-0.05, 0) is 30.2 Å². The van der Waals surface area contributed by atoms with Crippen molar-refractivity contribution < 1.29 is 14.6 Å². The van der Waals surface area contributed by atoms with Gasteiger partial charge in [-0.25, -0.2) is 4.68 Å². The molecule has 1 saturated heterocycles. The molecule has 7 heteroatoms. The van der Waals surface area contributed by atoms with Gasteiger partial charge in [0.05, 0.1) is 18.1 Å². The van der Waals surface area contributed by atoms with Gasteiger partial charge in [-0.1, -0.05) is 6.92 Å². The van der Waals surface area contributed by atoms with Crippen LogP contribution in [0.15, 0.2) is 0 Å². The highest BCUT2D eigenvalue weighted by Gasteiger charge is 2.41. The first kappa shape index (κ1) is 12.0. The number of carbonyl (C=O) groups is 1. The Labute approximate surface area is 98.8 Å². The first-order valence-electron chi connectivity index (χ1n) is 5.64. The standard InChI is InChI=1S/C10H16N4O3/c1-5-6(2)17-7(3)9(5)10-11-12-13-14(10)4-8(15)16/h5-7,9H,4H2,1-3H3,(H,15,16). The molecular formula is C10H16N4O3. The van der Waals surface area contributed by atoms with Crippen LogP contribution in [0.3, 0.4) is 0 Å². The van der Waals surface area contributed by atoms with Crippen LogP contribution in [0.4, 0.5) is 0 Å². The lowest BCUT2D eigenvalue weighted by Gasteiger charge is -2.16. The van der Waals surface area contributed by atoms with Crippen LogP contribution < -0.4 is 0 Å². The number of carboxylic acid groups (broad SMARTS) is 1. The van der Waals surface area contributed by atoms with Gasteiger partial charge in [0.25, 0.3) is 0 Å². The number of hydrogen-bond acceptors (Lipinski definition) is 5. The van der Waals surface area contributed by atoms with Crippen molar-refractivity contribution in [2.45, 2.75) is 45.4 Å². The molecule has 0 spiro atoms. The van der Waals surface area contributed by atoms with E-state index < -0.39 is 5.97 Å². The average Bonchev–Trinajstić information content (AvgIpc) is 2.73. The number of rotatable bonds is 3. The molecule has 0 radical (unpaired) electrons. The zero-order valence-electron chi connectivity index (χ0n) is 10.1. The zero-order chi connectivity index (χ0) is 12.6. The molecule has 2 heterocycles. The maximum absolute atomic E-state index is 10.7. The summed E-state index contributed by atoms with van der Waals surface area (Å²) in [7, 11) is 0. The summed E-state index contributed by atoms with van der Waals surface area (Å²) in [6.07, 6.45) is 0.128. The lowest BCUT2D eigenvalue weighted by molar-refractivity contribution is -0.138. The van der Waals surface area contributed by atoms with Crippen LogP contribution in [0.5, 0.6) is 0 Å². The van der Waals surface area contributed by atoms with Crippen LogP contribution >= 0.6 is 0 Å². The van der Waals surface area contributed by atoms with Crippen LogP contribution in [0.25, 0.3) is 0 Å². The highest BCUT2D eigenvalue weighted by atomic mass is 16.5. The molecule has 0 aliphatic carbocycles. The second-order valence-corrected chi connectivity index (χ2v) is 4.52. The van der Waals surface area contributed by atoms with Crippen LogP contribution in [-0.2, 0) is 16.1 Å². The van der Waals surface area contributed by atoms with E-state index in [9.17, 15) is 4.79 Å². The van der Waals surface area contributed by atoms with Crippen molar-refractivity contribution in [3.05, 3.63) is 5.82 Å². The third-order valence-electron chi connectivity index (χ3n) is 3.38. The number of hydrogen-bond donors (Lipinski definition) is 1. The topological polar surface area (TPSA) is 90.1 Å². The highest BCUT2D eigenvalue weighted by Crippen LogP contribution is 2.38. The lowest BCUT2D eigenvalue weighted by Crippen LogP contribution is -2.22. The minimum atomic E-state index is -0.953. The molecule has 7 nitrogen and oxygen atoms in total. The molecule has 94 valence electrons. The van der Waals surface area contributed by atoms with Crippen LogP contribution in [0.1, 0.15) is 32.5 Å². The van der Waals surface area contributed by atoms with E-state index in [1.807, 2.05) is 13.8 Å². The van der Waals surface area contributed by atoms with Gasteiger partial charge in [0, 0.05) is 0 Å². The monoisotopic (exact) mass is 240 g/mol. The molecule has 2 rings (SSSR count). The van der Waals surface area contributed by atoms with Gasteiger partial charge >= 0.3 is 5.97 Å². The number of aromatic nitrogens is 4. The van der Waals surface area contributed by atoms with E-state index in [-0.39, 0.29) is 30.6 Å². The van der Waals surface area contributed by atoms with E-state index in [0.29, 0.717) is 5.82 Å². The molecule has 4 atom stereocenters. The summed E-state index contributed by atoms with van der Waals surface area (Å²) in [6.45, 7) is 5.82. The van der Waals surface area contributed by atoms with E-state index in [1.165, 1.54) is 4.68 Å². The van der Waals surface area contributed by atoms with Crippen molar-refractivity contribution in [1.82, 2.24) is 20.2 Å². The number of tetrazole rings is 1. The van der Waals surface area contributed by atoms with E-state index in [4.69, 9.17) is 9.84 Å². The molecule has 0 aromatic carbocycles. The molecule has 1 aromatic heterocycles. The SMILES string of the molecule is CC1OC(C)C(c2nnnn2CC(=O)O)C1C. The third-order valence-corrected chi connectivity index (χ3v) is 3.38. The molecule has 17 heavy (non-hydrogen) atoms. The fraction of sp³-hybridized carbons (Fsp3) is 0.800. The molecule has 1 aliphatic heterocycles. The van der Waals surface area contributed by atoms with Crippen LogP contribution in [-0.4, -0.2) is 43.5 Å². The largest absolute Gasteiger partial charge is 0.480 e. The summed E-state index contributed by atoms with van der Waals surface area (Å²) in [4.78, 5) is 10.7. The fourth-order valence-electron chi connectivity index (χ4n) is 2.40. The molecule has 4 unspecified atom stereocenters. The first-order chi connectivity index (χ1) is 8.00. The quantitative estimate of drug-likeness (QED) is 0.816. The Hall–Kier alpha value is -1.50. The van der Waals surface area contributed by atoms with Crippen LogP contribution in [0.2, 0.25) is 0 Å². The Bertz CT molecular complexity index is 419. The van der Waals surface area contributed by atoms with E-state index in [2.05, 4.69) is 22.4 Å². The molecule has 0 saturated carbocycles. The molecule has 1 N–H and O–H groups in total. The summed E-state index contributed by atoms with van der Waals surface area (Å²) in [5, 5.41) is 20.0. The molecule has 1 aromatic rings. The smallest absolute Gasteiger partial charge is 0.325 e. The summed E-state index contributed by atoms with van der Waals surface area (Å²) in [6, 6.07) is 0. The van der Waals surface area contributed by atoms with Gasteiger partial charge in [-0.3, -0.25) is 4.79 Å². The Morgan fingerprint density at radius 2 is 2.12 bits per heavy atom. The van der Waals surface area contributed by atoms with Crippen molar-refractivity contribution in [3.8, 4) is 0 Å². The minimum absolute atomic E-state index is 0.00135. The number of carboxylic acids is 1. The predicted molar refractivity (Wildman–Crippen MR) is 57.4 cm³/mol. The summed E-state index contributed by atoms with van der Waals surface area (Å²) >= 11 is 0. The van der Waals surface area contributed by atoms with Gasteiger partial charge in [-0.2, -0.15) is 0 Å². The van der Waals surface area contributed by atoms with Gasteiger partial charge in [-0.15, -0.1) is 5.10 Å². The van der Waals surface area contributed by atoms with Gasteiger partial charge in [0.1, 0.15) is 6.54 Å². The van der Waals surface area contributed by atoms with Crippen molar-refractivity contribution in [3.63, 3.8) is 0 Å². The summed E-state index contributed by atoms with van der Waals surface area (Å²) in [5.41, 5.74) is 0. The van der Waals surface area contributed by atoms with E-state index >= 15 is 0 Å². The van der Waals surface area contributed by atoms with Crippen molar-refractivity contribution in [2.75, 3.05) is 0 Å². The fourth-order valence-corrected chi connectivity index (χ4v) is 2.40. The van der Waals surface area contributed by atoms with Crippen molar-refractivity contribution in [1.29, 1.82) is 0 Å². The molecular weight excluding hydrogens is 224 g/mol. The Balaban J connectivity index is 2.27. The van der Waals surface area contributed by atoms with Gasteiger partial charge in [0.15, 0.2) is 5.82 Å². The molecule has 1 aliphatic rings. The van der Waals surface area contributed by atoms with E-state index in [0.717, 1.165) is 0 Å². The molecule has 0 amide bonds. The second kappa shape index (κ2) is 4.40. The summed E-state index contributed by atoms with van der Waals surface area (Å²) in [5.74, 6) is -0.0505. The molecule has 0 bridgehead atoms. The van der Waals surface area contributed by atoms with Gasteiger partial charge in [0.2, 0.25) is 0 Å². The second-order valence-electron chi connectivity index (χ2n) is 4.52. The Morgan fingerprint density at radius 3 is 2.65 bits per heavy atom. The van der Waals surface area contributed by atoms with Crippen molar-refractivity contribution in [2.24, 2.45) is 5.92 Å². The highest BCUT2D eigenvalue weighted by molar-refractivity contribution is 5.66. The Morgan fingerprint density at radius 1 is 1.41 bits per heavy atom. The first-order valence-corrected chi connectivity index (χ1v) is 5.64. The number of nitrogens with zero attached hydrogens (tertiary/aromatic N) is 4. The van der Waals surface area contributed by atoms with Crippen LogP contribution in [0, 0.1) is 5.92 Å². The number of aliphatic carboxylic acids is 1. The normalized spacial score (nSPS) is 32.9. The lowest BCUT2D eigenvalue weighted by atomic mass is 9.89. The van der Waals surface area contributed by atoms with Crippen molar-refractivity contribution >= 4 is 5.97 Å². The zero-order valence-corrected chi connectivity index (χ0v) is 10.1. The maximum atomic E-state index is 10.7. The third kappa shape index (κ3) is 2.14.